The maximum absolute atomic E-state index is 13.4. The third-order valence-corrected chi connectivity index (χ3v) is 8.03. The van der Waals surface area contributed by atoms with E-state index in [9.17, 15) is 18.3 Å². The average Bonchev–Trinajstić information content (AvgIpc) is 3.55. The number of aliphatic hydroxyl groups is 2. The predicted octanol–water partition coefficient (Wildman–Crippen LogP) is 2.91. The van der Waals surface area contributed by atoms with Gasteiger partial charge in [-0.15, -0.1) is 0 Å². The SMILES string of the molecule is Cc1cc(NC(=O)c2ccc(NS(=O)(=O)CCO)cc2N2CCC3(CC2)CC3)nc(OCC(C)(C)O)c1. The van der Waals surface area contributed by atoms with Crippen LogP contribution in [-0.4, -0.2) is 67.2 Å². The first-order chi connectivity index (χ1) is 17.4. The van der Waals surface area contributed by atoms with Crippen LogP contribution in [-0.2, 0) is 10.0 Å². The molecule has 1 saturated carbocycles. The number of benzene rings is 1. The average molecular weight is 533 g/mol. The van der Waals surface area contributed by atoms with Crippen LogP contribution < -0.4 is 19.7 Å². The number of carbonyl (C=O) groups excluding carboxylic acids is 1. The molecule has 0 bridgehead atoms. The summed E-state index contributed by atoms with van der Waals surface area (Å²) in [4.78, 5) is 19.9. The maximum atomic E-state index is 13.4. The standard InChI is InChI=1S/C26H36N4O6S/c1-18-14-22(27-23(15-18)36-17-25(2,3)33)28-24(32)20-5-4-19(29-37(34,35)13-12-31)16-21(20)30-10-8-26(6-7-26)9-11-30/h4-5,14-16,29,31,33H,6-13,17H2,1-3H3,(H,27,28,32). The molecule has 0 radical (unpaired) electrons. The molecule has 4 rings (SSSR count). The molecule has 37 heavy (non-hydrogen) atoms. The van der Waals surface area contributed by atoms with Gasteiger partial charge >= 0.3 is 0 Å². The molecule has 1 amide bonds. The van der Waals surface area contributed by atoms with Crippen molar-refractivity contribution in [3.8, 4) is 5.88 Å². The van der Waals surface area contributed by atoms with Gasteiger partial charge in [0, 0.05) is 19.2 Å². The van der Waals surface area contributed by atoms with E-state index in [4.69, 9.17) is 9.84 Å². The third kappa shape index (κ3) is 7.33. The Morgan fingerprint density at radius 1 is 1.16 bits per heavy atom. The van der Waals surface area contributed by atoms with Crippen molar-refractivity contribution in [2.24, 2.45) is 5.41 Å². The number of hydrogen-bond donors (Lipinski definition) is 4. The van der Waals surface area contributed by atoms with E-state index in [1.807, 2.05) is 6.92 Å². The molecule has 4 N–H and O–H groups in total. The summed E-state index contributed by atoms with van der Waals surface area (Å²) in [6, 6.07) is 8.27. The summed E-state index contributed by atoms with van der Waals surface area (Å²) in [7, 11) is -3.71. The summed E-state index contributed by atoms with van der Waals surface area (Å²) in [5, 5.41) is 21.8. The van der Waals surface area contributed by atoms with Crippen molar-refractivity contribution in [3.63, 3.8) is 0 Å². The molecule has 1 saturated heterocycles. The molecule has 1 spiro atoms. The van der Waals surface area contributed by atoms with Crippen molar-refractivity contribution >= 4 is 33.1 Å². The molecule has 1 aromatic carbocycles. The van der Waals surface area contributed by atoms with Gasteiger partial charge in [0.25, 0.3) is 5.91 Å². The summed E-state index contributed by atoms with van der Waals surface area (Å²) in [5.74, 6) is -0.187. The number of hydrogen-bond acceptors (Lipinski definition) is 8. The first-order valence-electron chi connectivity index (χ1n) is 12.5. The van der Waals surface area contributed by atoms with E-state index in [2.05, 4.69) is 19.9 Å². The number of ether oxygens (including phenoxy) is 1. The molecule has 1 aliphatic heterocycles. The zero-order valence-corrected chi connectivity index (χ0v) is 22.4. The highest BCUT2D eigenvalue weighted by Crippen LogP contribution is 2.54. The van der Waals surface area contributed by atoms with E-state index in [0.29, 0.717) is 28.2 Å². The molecule has 0 unspecified atom stereocenters. The van der Waals surface area contributed by atoms with Gasteiger partial charge in [-0.3, -0.25) is 9.52 Å². The fourth-order valence-electron chi connectivity index (χ4n) is 4.51. The highest BCUT2D eigenvalue weighted by molar-refractivity contribution is 7.92. The van der Waals surface area contributed by atoms with Gasteiger partial charge in [-0.1, -0.05) is 0 Å². The lowest BCUT2D eigenvalue weighted by Gasteiger charge is -2.35. The highest BCUT2D eigenvalue weighted by Gasteiger charge is 2.44. The highest BCUT2D eigenvalue weighted by atomic mass is 32.2. The Morgan fingerprint density at radius 3 is 2.49 bits per heavy atom. The third-order valence-electron chi connectivity index (χ3n) is 6.76. The lowest BCUT2D eigenvalue weighted by atomic mass is 9.93. The number of nitrogens with one attached hydrogen (secondary N) is 2. The molecule has 1 aromatic heterocycles. The van der Waals surface area contributed by atoms with Crippen molar-refractivity contribution in [2.75, 3.05) is 47.0 Å². The minimum absolute atomic E-state index is 0.0467. The Kier molecular flexibility index (Phi) is 7.68. The number of anilines is 3. The molecule has 2 aromatic rings. The van der Waals surface area contributed by atoms with Gasteiger partial charge in [-0.2, -0.15) is 4.98 Å². The maximum Gasteiger partial charge on any atom is 0.258 e. The van der Waals surface area contributed by atoms with Crippen LogP contribution in [0, 0.1) is 12.3 Å². The van der Waals surface area contributed by atoms with Crippen LogP contribution in [0.15, 0.2) is 30.3 Å². The molecule has 11 heteroatoms. The number of carbonyl (C=O) groups is 1. The quantitative estimate of drug-likeness (QED) is 0.366. The summed E-state index contributed by atoms with van der Waals surface area (Å²) in [6.07, 6.45) is 4.56. The van der Waals surface area contributed by atoms with Gasteiger partial charge in [0.05, 0.1) is 34.9 Å². The number of pyridine rings is 1. The molecular weight excluding hydrogens is 496 g/mol. The summed E-state index contributed by atoms with van der Waals surface area (Å²) >= 11 is 0. The fraction of sp³-hybridized carbons (Fsp3) is 0.538. The van der Waals surface area contributed by atoms with Crippen LogP contribution >= 0.6 is 0 Å². The lowest BCUT2D eigenvalue weighted by Crippen LogP contribution is -2.35. The van der Waals surface area contributed by atoms with Crippen LogP contribution in [0.3, 0.4) is 0 Å². The number of aromatic nitrogens is 1. The zero-order chi connectivity index (χ0) is 26.8. The van der Waals surface area contributed by atoms with Crippen molar-refractivity contribution in [1.29, 1.82) is 0 Å². The van der Waals surface area contributed by atoms with Crippen molar-refractivity contribution in [1.82, 2.24) is 4.98 Å². The molecule has 2 fully saturated rings. The number of aryl methyl sites for hydroxylation is 1. The van der Waals surface area contributed by atoms with E-state index in [1.54, 1.807) is 44.2 Å². The number of piperidine rings is 1. The summed E-state index contributed by atoms with van der Waals surface area (Å²) in [6.45, 7) is 6.25. The Labute approximate surface area is 218 Å². The zero-order valence-electron chi connectivity index (χ0n) is 21.6. The normalized spacial score (nSPS) is 16.9. The Balaban J connectivity index is 1.58. The molecule has 1 aliphatic carbocycles. The molecule has 202 valence electrons. The molecule has 0 atom stereocenters. The smallest absolute Gasteiger partial charge is 0.258 e. The number of aliphatic hydroxyl groups excluding tert-OH is 1. The van der Waals surface area contributed by atoms with E-state index in [1.165, 1.54) is 12.8 Å². The van der Waals surface area contributed by atoms with Gasteiger partial charge in [0.15, 0.2) is 0 Å². The lowest BCUT2D eigenvalue weighted by molar-refractivity contribution is 0.0268. The van der Waals surface area contributed by atoms with E-state index in [-0.39, 0.29) is 18.4 Å². The van der Waals surface area contributed by atoms with Crippen molar-refractivity contribution < 1.29 is 28.2 Å². The molecule has 2 heterocycles. The van der Waals surface area contributed by atoms with Gasteiger partial charge < -0.3 is 25.2 Å². The van der Waals surface area contributed by atoms with Gasteiger partial charge in [-0.05, 0) is 81.7 Å². The van der Waals surface area contributed by atoms with E-state index < -0.39 is 28.0 Å². The van der Waals surface area contributed by atoms with Crippen molar-refractivity contribution in [3.05, 3.63) is 41.5 Å². The van der Waals surface area contributed by atoms with E-state index >= 15 is 0 Å². The van der Waals surface area contributed by atoms with Crippen LogP contribution in [0.25, 0.3) is 0 Å². The number of rotatable bonds is 10. The van der Waals surface area contributed by atoms with Crippen LogP contribution in [0.4, 0.5) is 17.2 Å². The second-order valence-electron chi connectivity index (χ2n) is 10.8. The summed E-state index contributed by atoms with van der Waals surface area (Å²) in [5.41, 5.74) is 1.61. The Hall–Kier alpha value is -2.89. The van der Waals surface area contributed by atoms with Crippen LogP contribution in [0.1, 0.15) is 55.5 Å². The molecular formula is C26H36N4O6S. The second-order valence-corrected chi connectivity index (χ2v) is 12.6. The minimum atomic E-state index is -3.71. The first kappa shape index (κ1) is 27.2. The molecule has 2 aliphatic rings. The predicted molar refractivity (Wildman–Crippen MR) is 143 cm³/mol. The number of nitrogens with zero attached hydrogens (tertiary/aromatic N) is 2. The number of sulfonamides is 1. The van der Waals surface area contributed by atoms with Gasteiger partial charge in [0.1, 0.15) is 12.4 Å². The Bertz CT molecular complexity index is 1240. The molecule has 10 nitrogen and oxygen atoms in total. The van der Waals surface area contributed by atoms with Crippen LogP contribution in [0.5, 0.6) is 5.88 Å². The monoisotopic (exact) mass is 532 g/mol. The first-order valence-corrected chi connectivity index (χ1v) is 14.2. The fourth-order valence-corrected chi connectivity index (χ4v) is 5.33. The van der Waals surface area contributed by atoms with Gasteiger partial charge in [-0.25, -0.2) is 8.42 Å². The van der Waals surface area contributed by atoms with Crippen LogP contribution in [0.2, 0.25) is 0 Å². The van der Waals surface area contributed by atoms with E-state index in [0.717, 1.165) is 31.5 Å². The summed E-state index contributed by atoms with van der Waals surface area (Å²) < 4.78 is 32.5. The number of amides is 1. The second kappa shape index (κ2) is 10.5. The van der Waals surface area contributed by atoms with Crippen molar-refractivity contribution in [2.45, 2.75) is 52.1 Å². The Morgan fingerprint density at radius 2 is 1.86 bits per heavy atom. The topological polar surface area (TPSA) is 141 Å². The minimum Gasteiger partial charge on any atom is -0.475 e. The van der Waals surface area contributed by atoms with Gasteiger partial charge in [0.2, 0.25) is 15.9 Å². The largest absolute Gasteiger partial charge is 0.475 e.